The molecule has 0 aliphatic carbocycles. The number of nitrogens with zero attached hydrogens (tertiary/aromatic N) is 3. The summed E-state index contributed by atoms with van der Waals surface area (Å²) in [5.41, 5.74) is 1.38. The third-order valence-corrected chi connectivity index (χ3v) is 5.67. The maximum Gasteiger partial charge on any atom is 0.259 e. The Bertz CT molecular complexity index is 1330. The van der Waals surface area contributed by atoms with Crippen LogP contribution in [0.2, 0.25) is 5.02 Å². The lowest BCUT2D eigenvalue weighted by molar-refractivity contribution is 0.102. The molecule has 1 aliphatic heterocycles. The van der Waals surface area contributed by atoms with Crippen molar-refractivity contribution in [2.24, 2.45) is 4.99 Å². The Hall–Kier alpha value is -3.98. The van der Waals surface area contributed by atoms with Crippen molar-refractivity contribution in [2.45, 2.75) is 6.92 Å². The SMILES string of the molecule is COc1cc(C)cc(C(=O)Nc2ccc(Cl)cn2)c1NC(=O)c1ccc(C2=NCCN2C)cc1F. The van der Waals surface area contributed by atoms with Gasteiger partial charge in [-0.3, -0.25) is 14.6 Å². The second-order valence-corrected chi connectivity index (χ2v) is 8.42. The molecule has 2 heterocycles. The van der Waals surface area contributed by atoms with E-state index in [1.807, 2.05) is 11.9 Å². The Morgan fingerprint density at radius 1 is 1.09 bits per heavy atom. The Kier molecular flexibility index (Phi) is 6.97. The summed E-state index contributed by atoms with van der Waals surface area (Å²) in [6.07, 6.45) is 1.40. The molecule has 0 unspecified atom stereocenters. The molecule has 0 radical (unpaired) electrons. The van der Waals surface area contributed by atoms with Crippen molar-refractivity contribution in [2.75, 3.05) is 37.9 Å². The number of aromatic nitrogens is 1. The molecular formula is C25H23ClFN5O3. The number of amidine groups is 1. The highest BCUT2D eigenvalue weighted by molar-refractivity contribution is 6.30. The summed E-state index contributed by atoms with van der Waals surface area (Å²) in [5, 5.41) is 5.73. The lowest BCUT2D eigenvalue weighted by Crippen LogP contribution is -2.24. The standard InChI is InChI=1S/C25H23ClFN5O3/c1-14-10-18(25(34)30-21-7-5-16(26)13-29-21)22(20(11-14)35-3)31-24(33)17-6-4-15(12-19(17)27)23-28-8-9-32(23)2/h4-7,10-13H,8-9H2,1-3H3,(H,31,33)(H,29,30,34). The highest BCUT2D eigenvalue weighted by Gasteiger charge is 2.23. The fourth-order valence-corrected chi connectivity index (χ4v) is 3.83. The normalized spacial score (nSPS) is 12.8. The molecule has 35 heavy (non-hydrogen) atoms. The largest absolute Gasteiger partial charge is 0.495 e. The molecule has 2 amide bonds. The van der Waals surface area contributed by atoms with Crippen molar-refractivity contribution in [1.29, 1.82) is 0 Å². The van der Waals surface area contributed by atoms with E-state index in [1.54, 1.807) is 37.3 Å². The van der Waals surface area contributed by atoms with Crippen molar-refractivity contribution >= 4 is 40.8 Å². The molecule has 8 nitrogen and oxygen atoms in total. The highest BCUT2D eigenvalue weighted by Crippen LogP contribution is 2.32. The second kappa shape index (κ2) is 10.1. The molecule has 10 heteroatoms. The van der Waals surface area contributed by atoms with Gasteiger partial charge in [-0.1, -0.05) is 17.7 Å². The van der Waals surface area contributed by atoms with Crippen LogP contribution in [0.25, 0.3) is 0 Å². The minimum atomic E-state index is -0.725. The maximum absolute atomic E-state index is 14.9. The zero-order valence-corrected chi connectivity index (χ0v) is 20.1. The number of rotatable bonds is 6. The van der Waals surface area contributed by atoms with E-state index in [9.17, 15) is 14.0 Å². The van der Waals surface area contributed by atoms with Crippen molar-refractivity contribution in [1.82, 2.24) is 9.88 Å². The fraction of sp³-hybridized carbons (Fsp3) is 0.200. The molecule has 0 atom stereocenters. The number of benzene rings is 2. The van der Waals surface area contributed by atoms with Gasteiger partial charge in [0.05, 0.1) is 35.5 Å². The minimum Gasteiger partial charge on any atom is -0.495 e. The third kappa shape index (κ3) is 5.25. The first-order valence-electron chi connectivity index (χ1n) is 10.7. The molecule has 1 aromatic heterocycles. The molecule has 2 N–H and O–H groups in total. The van der Waals surface area contributed by atoms with Gasteiger partial charge < -0.3 is 20.3 Å². The lowest BCUT2D eigenvalue weighted by Gasteiger charge is -2.17. The van der Waals surface area contributed by atoms with Crippen LogP contribution in [0.1, 0.15) is 31.8 Å². The first-order valence-corrected chi connectivity index (χ1v) is 11.1. The van der Waals surface area contributed by atoms with Gasteiger partial charge in [-0.2, -0.15) is 0 Å². The number of likely N-dealkylation sites (N-methyl/N-ethyl adjacent to an activating group) is 1. The number of carbonyl (C=O) groups excluding carboxylic acids is 2. The molecule has 1 aliphatic rings. The minimum absolute atomic E-state index is 0.109. The van der Waals surface area contributed by atoms with Gasteiger partial charge in [0.1, 0.15) is 23.2 Å². The van der Waals surface area contributed by atoms with E-state index in [-0.39, 0.29) is 28.4 Å². The predicted molar refractivity (Wildman–Crippen MR) is 133 cm³/mol. The molecule has 3 aromatic rings. The Morgan fingerprint density at radius 3 is 2.49 bits per heavy atom. The van der Waals surface area contributed by atoms with Crippen LogP contribution in [-0.4, -0.2) is 54.8 Å². The third-order valence-electron chi connectivity index (χ3n) is 5.45. The number of ether oxygens (including phenoxy) is 1. The number of aryl methyl sites for hydroxylation is 1. The van der Waals surface area contributed by atoms with Crippen LogP contribution < -0.4 is 15.4 Å². The summed E-state index contributed by atoms with van der Waals surface area (Å²) in [6.45, 7) is 3.18. The number of carbonyl (C=O) groups is 2. The monoisotopic (exact) mass is 495 g/mol. The van der Waals surface area contributed by atoms with E-state index < -0.39 is 17.6 Å². The zero-order valence-electron chi connectivity index (χ0n) is 19.4. The van der Waals surface area contributed by atoms with Crippen molar-refractivity contribution in [3.8, 4) is 5.75 Å². The summed E-state index contributed by atoms with van der Waals surface area (Å²) in [6, 6.07) is 10.7. The van der Waals surface area contributed by atoms with Crippen LogP contribution in [0.3, 0.4) is 0 Å². The quantitative estimate of drug-likeness (QED) is 0.529. The average Bonchev–Trinajstić information content (AvgIpc) is 3.26. The van der Waals surface area contributed by atoms with E-state index in [0.717, 1.165) is 12.1 Å². The lowest BCUT2D eigenvalue weighted by atomic mass is 10.1. The average molecular weight is 496 g/mol. The van der Waals surface area contributed by atoms with E-state index >= 15 is 0 Å². The van der Waals surface area contributed by atoms with Crippen LogP contribution >= 0.6 is 11.6 Å². The van der Waals surface area contributed by atoms with Gasteiger partial charge in [0.2, 0.25) is 0 Å². The number of amides is 2. The first kappa shape index (κ1) is 24.2. The van der Waals surface area contributed by atoms with Gasteiger partial charge in [0.25, 0.3) is 11.8 Å². The number of hydrogen-bond acceptors (Lipinski definition) is 6. The van der Waals surface area contributed by atoms with E-state index in [1.165, 1.54) is 25.4 Å². The van der Waals surface area contributed by atoms with E-state index in [2.05, 4.69) is 20.6 Å². The maximum atomic E-state index is 14.9. The molecule has 0 spiro atoms. The molecular weight excluding hydrogens is 473 g/mol. The number of aliphatic imine (C=N–C) groups is 1. The number of nitrogens with one attached hydrogen (secondary N) is 2. The molecule has 0 saturated heterocycles. The van der Waals surface area contributed by atoms with Gasteiger partial charge in [-0.05, 0) is 48.9 Å². The molecule has 4 rings (SSSR count). The zero-order chi connectivity index (χ0) is 25.1. The van der Waals surface area contributed by atoms with Gasteiger partial charge in [0, 0.05) is 25.4 Å². The predicted octanol–water partition coefficient (Wildman–Crippen LogP) is 4.39. The van der Waals surface area contributed by atoms with Gasteiger partial charge in [-0.25, -0.2) is 9.37 Å². The van der Waals surface area contributed by atoms with E-state index in [4.69, 9.17) is 16.3 Å². The Morgan fingerprint density at radius 2 is 1.86 bits per heavy atom. The topological polar surface area (TPSA) is 95.9 Å². The summed E-state index contributed by atoms with van der Waals surface area (Å²) in [4.78, 5) is 36.5. The molecule has 0 fully saturated rings. The fourth-order valence-electron chi connectivity index (χ4n) is 3.72. The number of anilines is 2. The summed E-state index contributed by atoms with van der Waals surface area (Å²) in [5.74, 6) is -0.756. The van der Waals surface area contributed by atoms with Crippen LogP contribution in [0.5, 0.6) is 5.75 Å². The number of methoxy groups -OCH3 is 1. The summed E-state index contributed by atoms with van der Waals surface area (Å²) < 4.78 is 20.4. The second-order valence-electron chi connectivity index (χ2n) is 7.98. The van der Waals surface area contributed by atoms with Crippen molar-refractivity contribution in [3.63, 3.8) is 0 Å². The van der Waals surface area contributed by atoms with Gasteiger partial charge in [0.15, 0.2) is 0 Å². The smallest absolute Gasteiger partial charge is 0.259 e. The number of pyridine rings is 1. The van der Waals surface area contributed by atoms with Crippen LogP contribution in [-0.2, 0) is 0 Å². The number of halogens is 2. The van der Waals surface area contributed by atoms with Crippen LogP contribution in [0.15, 0.2) is 53.7 Å². The van der Waals surface area contributed by atoms with Gasteiger partial charge in [-0.15, -0.1) is 0 Å². The Labute approximate surface area is 206 Å². The Balaban J connectivity index is 1.63. The molecule has 0 saturated carbocycles. The highest BCUT2D eigenvalue weighted by atomic mass is 35.5. The molecule has 2 aromatic carbocycles. The van der Waals surface area contributed by atoms with Crippen LogP contribution in [0.4, 0.5) is 15.9 Å². The van der Waals surface area contributed by atoms with Crippen molar-refractivity contribution < 1.29 is 18.7 Å². The molecule has 180 valence electrons. The summed E-state index contributed by atoms with van der Waals surface area (Å²) >= 11 is 5.85. The first-order chi connectivity index (χ1) is 16.8. The van der Waals surface area contributed by atoms with Crippen LogP contribution in [0, 0.1) is 12.7 Å². The number of hydrogen-bond donors (Lipinski definition) is 2. The van der Waals surface area contributed by atoms with E-state index in [0.29, 0.717) is 23.0 Å². The molecule has 0 bridgehead atoms. The van der Waals surface area contributed by atoms with Crippen molar-refractivity contribution in [3.05, 3.63) is 81.8 Å². The summed E-state index contributed by atoms with van der Waals surface area (Å²) in [7, 11) is 3.29. The van der Waals surface area contributed by atoms with Gasteiger partial charge >= 0.3 is 0 Å².